The zero-order valence-corrected chi connectivity index (χ0v) is 13.0. The molecule has 1 aromatic heterocycles. The fourth-order valence-electron chi connectivity index (χ4n) is 2.05. The second kappa shape index (κ2) is 10.4. The Bertz CT molecular complexity index is 371. The lowest BCUT2D eigenvalue weighted by Crippen LogP contribution is -2.11. The maximum absolute atomic E-state index is 5.05. The Kier molecular flexibility index (Phi) is 8.71. The van der Waals surface area contributed by atoms with Crippen LogP contribution in [0.2, 0.25) is 0 Å². The summed E-state index contributed by atoms with van der Waals surface area (Å²) in [6, 6.07) is 0. The summed E-state index contributed by atoms with van der Waals surface area (Å²) in [4.78, 5) is 8.70. The van der Waals surface area contributed by atoms with Crippen molar-refractivity contribution in [2.24, 2.45) is 0 Å². The van der Waals surface area contributed by atoms with Gasteiger partial charge in [0.1, 0.15) is 18.0 Å². The lowest BCUT2D eigenvalue weighted by molar-refractivity contribution is 0.192. The highest BCUT2D eigenvalue weighted by Gasteiger charge is 2.08. The van der Waals surface area contributed by atoms with Gasteiger partial charge in [-0.3, -0.25) is 0 Å². The molecule has 0 aliphatic heterocycles. The quantitative estimate of drug-likeness (QED) is 0.610. The molecule has 1 aromatic rings. The van der Waals surface area contributed by atoms with Crippen LogP contribution >= 0.6 is 0 Å². The summed E-state index contributed by atoms with van der Waals surface area (Å²) in [5.74, 6) is 1.93. The molecule has 0 aliphatic carbocycles. The first-order valence-corrected chi connectivity index (χ1v) is 7.64. The van der Waals surface area contributed by atoms with Gasteiger partial charge in [-0.1, -0.05) is 13.8 Å². The van der Waals surface area contributed by atoms with Crippen molar-refractivity contribution in [3.05, 3.63) is 11.9 Å². The number of nitrogens with zero attached hydrogens (tertiary/aromatic N) is 2. The van der Waals surface area contributed by atoms with Crippen molar-refractivity contribution in [1.29, 1.82) is 0 Å². The van der Waals surface area contributed by atoms with Crippen LogP contribution < -0.4 is 10.6 Å². The second-order valence-electron chi connectivity index (χ2n) is 4.81. The third-order valence-electron chi connectivity index (χ3n) is 3.16. The van der Waals surface area contributed by atoms with E-state index in [9.17, 15) is 0 Å². The van der Waals surface area contributed by atoms with E-state index in [1.807, 2.05) is 0 Å². The molecule has 0 spiro atoms. The molecule has 0 aliphatic rings. The van der Waals surface area contributed by atoms with Gasteiger partial charge >= 0.3 is 0 Å². The van der Waals surface area contributed by atoms with E-state index in [0.29, 0.717) is 0 Å². The van der Waals surface area contributed by atoms with Crippen molar-refractivity contribution in [2.45, 2.75) is 46.0 Å². The maximum atomic E-state index is 5.05. The van der Waals surface area contributed by atoms with Gasteiger partial charge in [0.2, 0.25) is 0 Å². The summed E-state index contributed by atoms with van der Waals surface area (Å²) in [5.41, 5.74) is 1.18. The van der Waals surface area contributed by atoms with Gasteiger partial charge < -0.3 is 15.4 Å². The molecule has 0 radical (unpaired) electrons. The summed E-state index contributed by atoms with van der Waals surface area (Å²) in [6.45, 7) is 7.03. The summed E-state index contributed by atoms with van der Waals surface area (Å²) >= 11 is 0. The molecule has 5 nitrogen and oxygen atoms in total. The van der Waals surface area contributed by atoms with E-state index in [4.69, 9.17) is 4.74 Å². The van der Waals surface area contributed by atoms with Crippen molar-refractivity contribution < 1.29 is 4.74 Å². The minimum absolute atomic E-state index is 0.846. The van der Waals surface area contributed by atoms with Gasteiger partial charge in [0.25, 0.3) is 0 Å². The Morgan fingerprint density at radius 3 is 2.30 bits per heavy atom. The van der Waals surface area contributed by atoms with Crippen LogP contribution in [0.15, 0.2) is 6.33 Å². The number of nitrogens with one attached hydrogen (secondary N) is 2. The molecule has 0 saturated carbocycles. The van der Waals surface area contributed by atoms with Crippen LogP contribution in [0.25, 0.3) is 0 Å². The molecule has 0 saturated heterocycles. The van der Waals surface area contributed by atoms with Crippen LogP contribution in [0.1, 0.15) is 45.1 Å². The first kappa shape index (κ1) is 16.7. The lowest BCUT2D eigenvalue weighted by Gasteiger charge is -2.14. The molecule has 0 amide bonds. The van der Waals surface area contributed by atoms with Gasteiger partial charge in [-0.05, 0) is 32.1 Å². The molecule has 0 fully saturated rings. The Morgan fingerprint density at radius 2 is 1.70 bits per heavy atom. The highest BCUT2D eigenvalue weighted by atomic mass is 16.5. The number of aromatic nitrogens is 2. The third-order valence-corrected chi connectivity index (χ3v) is 3.16. The maximum Gasteiger partial charge on any atom is 0.134 e. The van der Waals surface area contributed by atoms with Crippen LogP contribution in [0, 0.1) is 0 Å². The molecule has 5 heteroatoms. The molecule has 0 atom stereocenters. The molecule has 0 aromatic carbocycles. The van der Waals surface area contributed by atoms with E-state index >= 15 is 0 Å². The normalized spacial score (nSPS) is 10.6. The second-order valence-corrected chi connectivity index (χ2v) is 4.81. The minimum Gasteiger partial charge on any atom is -0.385 e. The van der Waals surface area contributed by atoms with Crippen molar-refractivity contribution in [3.63, 3.8) is 0 Å². The van der Waals surface area contributed by atoms with E-state index in [2.05, 4.69) is 34.4 Å². The van der Waals surface area contributed by atoms with Gasteiger partial charge in [0.05, 0.1) is 0 Å². The SMILES string of the molecule is CCCNc1ncnc(NCCCCCOC)c1CC. The van der Waals surface area contributed by atoms with Gasteiger partial charge in [-0.25, -0.2) is 9.97 Å². The smallest absolute Gasteiger partial charge is 0.134 e. The monoisotopic (exact) mass is 280 g/mol. The Balaban J connectivity index is 2.47. The number of unbranched alkanes of at least 4 members (excludes halogenated alkanes) is 2. The van der Waals surface area contributed by atoms with E-state index in [1.54, 1.807) is 13.4 Å². The number of anilines is 2. The summed E-state index contributed by atoms with van der Waals surface area (Å²) in [5, 5.41) is 6.79. The Hall–Kier alpha value is -1.36. The van der Waals surface area contributed by atoms with Crippen molar-refractivity contribution in [2.75, 3.05) is 37.4 Å². The number of hydrogen-bond acceptors (Lipinski definition) is 5. The van der Waals surface area contributed by atoms with Crippen LogP contribution in [-0.2, 0) is 11.2 Å². The molecular weight excluding hydrogens is 252 g/mol. The number of rotatable bonds is 11. The van der Waals surface area contributed by atoms with Gasteiger partial charge in [0, 0.05) is 32.4 Å². The Labute approximate surface area is 122 Å². The Morgan fingerprint density at radius 1 is 1.00 bits per heavy atom. The van der Waals surface area contributed by atoms with Crippen molar-refractivity contribution in [1.82, 2.24) is 9.97 Å². The molecule has 20 heavy (non-hydrogen) atoms. The molecule has 1 heterocycles. The van der Waals surface area contributed by atoms with E-state index in [1.165, 1.54) is 12.0 Å². The van der Waals surface area contributed by atoms with Gasteiger partial charge in [-0.15, -0.1) is 0 Å². The summed E-state index contributed by atoms with van der Waals surface area (Å²) < 4.78 is 5.05. The first-order valence-electron chi connectivity index (χ1n) is 7.64. The largest absolute Gasteiger partial charge is 0.385 e. The van der Waals surface area contributed by atoms with Crippen molar-refractivity contribution >= 4 is 11.6 Å². The minimum atomic E-state index is 0.846. The predicted molar refractivity (Wildman–Crippen MR) is 84.4 cm³/mol. The highest BCUT2D eigenvalue weighted by molar-refractivity contribution is 5.57. The molecule has 1 rings (SSSR count). The fraction of sp³-hybridized carbons (Fsp3) is 0.733. The predicted octanol–water partition coefficient (Wildman–Crippen LogP) is 3.09. The molecule has 2 N–H and O–H groups in total. The van der Waals surface area contributed by atoms with Crippen LogP contribution in [0.4, 0.5) is 11.6 Å². The van der Waals surface area contributed by atoms with Crippen LogP contribution in [0.5, 0.6) is 0 Å². The lowest BCUT2D eigenvalue weighted by atomic mass is 10.2. The number of ether oxygens (including phenoxy) is 1. The molecule has 0 unspecified atom stereocenters. The van der Waals surface area contributed by atoms with Gasteiger partial charge in [-0.2, -0.15) is 0 Å². The fourth-order valence-corrected chi connectivity index (χ4v) is 2.05. The van der Waals surface area contributed by atoms with E-state index in [-0.39, 0.29) is 0 Å². The standard InChI is InChI=1S/C15H28N4O/c1-4-9-16-14-13(5-2)15(19-12-18-14)17-10-7-6-8-11-20-3/h12H,4-11H2,1-3H3,(H2,16,17,18,19). The highest BCUT2D eigenvalue weighted by Crippen LogP contribution is 2.20. The summed E-state index contributed by atoms with van der Waals surface area (Å²) in [7, 11) is 1.75. The third kappa shape index (κ3) is 5.74. The van der Waals surface area contributed by atoms with Crippen molar-refractivity contribution in [3.8, 4) is 0 Å². The summed E-state index contributed by atoms with van der Waals surface area (Å²) in [6.07, 6.45) is 7.08. The van der Waals surface area contributed by atoms with E-state index in [0.717, 1.165) is 57.0 Å². The molecular formula is C15H28N4O. The number of hydrogen-bond donors (Lipinski definition) is 2. The molecule has 114 valence electrons. The van der Waals surface area contributed by atoms with Crippen LogP contribution in [-0.4, -0.2) is 36.8 Å². The average molecular weight is 280 g/mol. The molecule has 0 bridgehead atoms. The topological polar surface area (TPSA) is 59.1 Å². The van der Waals surface area contributed by atoms with Crippen LogP contribution in [0.3, 0.4) is 0 Å². The van der Waals surface area contributed by atoms with Gasteiger partial charge in [0.15, 0.2) is 0 Å². The van der Waals surface area contributed by atoms with E-state index < -0.39 is 0 Å². The average Bonchev–Trinajstić information content (AvgIpc) is 2.48. The zero-order valence-electron chi connectivity index (χ0n) is 13.0. The number of methoxy groups -OCH3 is 1. The zero-order chi connectivity index (χ0) is 14.6. The first-order chi connectivity index (χ1) is 9.83.